The lowest BCUT2D eigenvalue weighted by Crippen LogP contribution is -2.45. The van der Waals surface area contributed by atoms with Crippen LogP contribution in [0.4, 0.5) is 5.69 Å². The zero-order chi connectivity index (χ0) is 21.1. The number of hydrogen-bond acceptors (Lipinski definition) is 3. The van der Waals surface area contributed by atoms with Crippen LogP contribution in [0.25, 0.3) is 0 Å². The molecule has 0 radical (unpaired) electrons. The summed E-state index contributed by atoms with van der Waals surface area (Å²) in [6.45, 7) is 1.69. The first kappa shape index (κ1) is 20.3. The number of anilines is 1. The highest BCUT2D eigenvalue weighted by atomic mass is 16.2. The molecular formula is C25H28N2O3. The van der Waals surface area contributed by atoms with Gasteiger partial charge in [0.1, 0.15) is 5.54 Å². The van der Waals surface area contributed by atoms with E-state index in [9.17, 15) is 14.4 Å². The number of ketones is 1. The van der Waals surface area contributed by atoms with Crippen LogP contribution in [-0.4, -0.2) is 23.1 Å². The van der Waals surface area contributed by atoms with Crippen molar-refractivity contribution in [2.45, 2.75) is 56.9 Å². The Labute approximate surface area is 177 Å². The number of carbonyl (C=O) groups is 3. The lowest BCUT2D eigenvalue weighted by Gasteiger charge is -2.22. The maximum absolute atomic E-state index is 13.0. The summed E-state index contributed by atoms with van der Waals surface area (Å²) >= 11 is 0. The molecule has 1 aliphatic heterocycles. The van der Waals surface area contributed by atoms with Gasteiger partial charge in [0, 0.05) is 12.1 Å². The molecule has 2 aromatic carbocycles. The highest BCUT2D eigenvalue weighted by molar-refractivity contribution is 6.27. The van der Waals surface area contributed by atoms with E-state index >= 15 is 0 Å². The van der Waals surface area contributed by atoms with Gasteiger partial charge in [-0.1, -0.05) is 61.7 Å². The van der Waals surface area contributed by atoms with Crippen LogP contribution >= 0.6 is 0 Å². The van der Waals surface area contributed by atoms with Gasteiger partial charge in [0.15, 0.2) is 11.7 Å². The maximum atomic E-state index is 13.0. The van der Waals surface area contributed by atoms with Gasteiger partial charge in [-0.05, 0) is 48.9 Å². The number of amides is 2. The zero-order valence-electron chi connectivity index (χ0n) is 17.3. The Morgan fingerprint density at radius 2 is 1.67 bits per heavy atom. The normalized spacial score (nSPS) is 24.5. The predicted molar refractivity (Wildman–Crippen MR) is 116 cm³/mol. The fraction of sp³-hybridized carbons (Fsp3) is 0.400. The van der Waals surface area contributed by atoms with Crippen molar-refractivity contribution in [1.29, 1.82) is 0 Å². The van der Waals surface area contributed by atoms with Gasteiger partial charge >= 0.3 is 0 Å². The average Bonchev–Trinajstić information content (AvgIpc) is 2.97. The van der Waals surface area contributed by atoms with E-state index in [-0.39, 0.29) is 5.78 Å². The number of benzene rings is 2. The summed E-state index contributed by atoms with van der Waals surface area (Å²) in [4.78, 5) is 38.2. The van der Waals surface area contributed by atoms with Crippen LogP contribution in [0, 0.1) is 5.92 Å². The number of Topliss-reactive ketones (excluding diaryl/α,β-unsaturated/α-hetero) is 1. The van der Waals surface area contributed by atoms with Crippen molar-refractivity contribution in [1.82, 2.24) is 5.32 Å². The third-order valence-corrected chi connectivity index (χ3v) is 6.38. The van der Waals surface area contributed by atoms with Crippen LogP contribution < -0.4 is 10.6 Å². The van der Waals surface area contributed by atoms with Crippen LogP contribution in [0.2, 0.25) is 0 Å². The van der Waals surface area contributed by atoms with E-state index in [1.54, 1.807) is 6.92 Å². The largest absolute Gasteiger partial charge is 0.342 e. The summed E-state index contributed by atoms with van der Waals surface area (Å²) in [6.07, 6.45) is 6.63. The quantitative estimate of drug-likeness (QED) is 0.740. The van der Waals surface area contributed by atoms with Crippen molar-refractivity contribution in [3.63, 3.8) is 0 Å². The SMILES string of the molecule is CC1(Cc2ccccc2)NC(=O)C(C(=O)Nc2ccc(C3CCCCC3)cc2)C1=O. The minimum absolute atomic E-state index is 0.359. The van der Waals surface area contributed by atoms with Crippen molar-refractivity contribution < 1.29 is 14.4 Å². The highest BCUT2D eigenvalue weighted by Gasteiger charge is 2.52. The van der Waals surface area contributed by atoms with Gasteiger partial charge in [-0.3, -0.25) is 14.4 Å². The molecule has 5 nitrogen and oxygen atoms in total. The van der Waals surface area contributed by atoms with Crippen molar-refractivity contribution in [3.8, 4) is 0 Å². The average molecular weight is 405 g/mol. The third kappa shape index (κ3) is 4.16. The molecule has 0 spiro atoms. The van der Waals surface area contributed by atoms with Crippen molar-refractivity contribution in [3.05, 3.63) is 65.7 Å². The third-order valence-electron chi connectivity index (χ3n) is 6.38. The number of nitrogens with one attached hydrogen (secondary N) is 2. The standard InChI is InChI=1S/C25H28N2O3/c1-25(16-17-8-4-2-5-9-17)22(28)21(24(30)27-25)23(29)26-20-14-12-19(13-15-20)18-10-6-3-7-11-18/h2,4-5,8-9,12-15,18,21H,3,6-7,10-11,16H2,1H3,(H,26,29)(H,27,30). The molecule has 4 rings (SSSR count). The Morgan fingerprint density at radius 3 is 2.33 bits per heavy atom. The Bertz CT molecular complexity index is 933. The van der Waals surface area contributed by atoms with E-state index in [2.05, 4.69) is 10.6 Å². The Kier molecular flexibility index (Phi) is 5.71. The van der Waals surface area contributed by atoms with Crippen molar-refractivity contribution >= 4 is 23.3 Å². The summed E-state index contributed by atoms with van der Waals surface area (Å²) in [6, 6.07) is 17.3. The summed E-state index contributed by atoms with van der Waals surface area (Å²) in [5.74, 6) is -2.22. The molecule has 2 fully saturated rings. The Morgan fingerprint density at radius 1 is 1.00 bits per heavy atom. The van der Waals surface area contributed by atoms with E-state index in [4.69, 9.17) is 0 Å². The van der Waals surface area contributed by atoms with Crippen LogP contribution in [0.15, 0.2) is 54.6 Å². The molecule has 2 amide bonds. The number of hydrogen-bond donors (Lipinski definition) is 2. The van der Waals surface area contributed by atoms with E-state index in [0.717, 1.165) is 5.56 Å². The topological polar surface area (TPSA) is 75.3 Å². The lowest BCUT2D eigenvalue weighted by molar-refractivity contribution is -0.135. The summed E-state index contributed by atoms with van der Waals surface area (Å²) in [5.41, 5.74) is 1.76. The zero-order valence-corrected chi connectivity index (χ0v) is 17.3. The maximum Gasteiger partial charge on any atom is 0.244 e. The summed E-state index contributed by atoms with van der Waals surface area (Å²) < 4.78 is 0. The molecular weight excluding hydrogens is 376 g/mol. The minimum atomic E-state index is -1.32. The molecule has 1 aliphatic carbocycles. The van der Waals surface area contributed by atoms with Gasteiger partial charge in [0.2, 0.25) is 11.8 Å². The van der Waals surface area contributed by atoms with E-state index in [1.165, 1.54) is 37.7 Å². The number of rotatable bonds is 5. The molecule has 0 bridgehead atoms. The number of carbonyl (C=O) groups excluding carboxylic acids is 3. The van der Waals surface area contributed by atoms with Gasteiger partial charge in [0.05, 0.1) is 0 Å². The highest BCUT2D eigenvalue weighted by Crippen LogP contribution is 2.33. The fourth-order valence-electron chi connectivity index (χ4n) is 4.71. The first-order valence-electron chi connectivity index (χ1n) is 10.8. The van der Waals surface area contributed by atoms with E-state index in [1.807, 2.05) is 54.6 Å². The molecule has 0 aromatic heterocycles. The monoisotopic (exact) mass is 404 g/mol. The first-order valence-corrected chi connectivity index (χ1v) is 10.8. The molecule has 2 atom stereocenters. The first-order chi connectivity index (χ1) is 14.5. The minimum Gasteiger partial charge on any atom is -0.342 e. The molecule has 156 valence electrons. The predicted octanol–water partition coefficient (Wildman–Crippen LogP) is 3.99. The van der Waals surface area contributed by atoms with Gasteiger partial charge in [-0.2, -0.15) is 0 Å². The molecule has 1 saturated heterocycles. The molecule has 2 N–H and O–H groups in total. The van der Waals surface area contributed by atoms with Gasteiger partial charge in [-0.15, -0.1) is 0 Å². The van der Waals surface area contributed by atoms with E-state index < -0.39 is 23.3 Å². The Balaban J connectivity index is 1.42. The van der Waals surface area contributed by atoms with Crippen molar-refractivity contribution in [2.24, 2.45) is 5.92 Å². The van der Waals surface area contributed by atoms with E-state index in [0.29, 0.717) is 18.0 Å². The lowest BCUT2D eigenvalue weighted by atomic mass is 9.84. The second-order valence-corrected chi connectivity index (χ2v) is 8.73. The second kappa shape index (κ2) is 8.42. The molecule has 5 heteroatoms. The van der Waals surface area contributed by atoms with Crippen molar-refractivity contribution in [2.75, 3.05) is 5.32 Å². The smallest absolute Gasteiger partial charge is 0.244 e. The van der Waals surface area contributed by atoms with Crippen LogP contribution in [-0.2, 0) is 20.8 Å². The summed E-state index contributed by atoms with van der Waals surface area (Å²) in [5, 5.41) is 5.50. The molecule has 2 aromatic rings. The fourth-order valence-corrected chi connectivity index (χ4v) is 4.71. The molecule has 1 saturated carbocycles. The summed E-state index contributed by atoms with van der Waals surface area (Å²) in [7, 11) is 0. The van der Waals surface area contributed by atoms with Gasteiger partial charge in [-0.25, -0.2) is 0 Å². The molecule has 1 heterocycles. The van der Waals surface area contributed by atoms with Crippen LogP contribution in [0.1, 0.15) is 56.1 Å². The van der Waals surface area contributed by atoms with Crippen LogP contribution in [0.3, 0.4) is 0 Å². The second-order valence-electron chi connectivity index (χ2n) is 8.73. The van der Waals surface area contributed by atoms with Gasteiger partial charge < -0.3 is 10.6 Å². The van der Waals surface area contributed by atoms with Gasteiger partial charge in [0.25, 0.3) is 0 Å². The Hall–Kier alpha value is -2.95. The van der Waals surface area contributed by atoms with Crippen LogP contribution in [0.5, 0.6) is 0 Å². The molecule has 30 heavy (non-hydrogen) atoms. The molecule has 2 aliphatic rings. The molecule has 2 unspecified atom stereocenters.